The van der Waals surface area contributed by atoms with Gasteiger partial charge in [-0.1, -0.05) is 91.5 Å². The van der Waals surface area contributed by atoms with E-state index in [9.17, 15) is 9.59 Å². The second-order valence-corrected chi connectivity index (χ2v) is 10.4. The molecule has 38 heavy (non-hydrogen) atoms. The highest BCUT2D eigenvalue weighted by molar-refractivity contribution is 6.31. The summed E-state index contributed by atoms with van der Waals surface area (Å²) in [5.41, 5.74) is 2.86. The molecular formula is C32H37ClN2O3. The molecule has 1 fully saturated rings. The fourth-order valence-corrected chi connectivity index (χ4v) is 5.38. The largest absolute Gasteiger partial charge is 0.497 e. The van der Waals surface area contributed by atoms with E-state index in [1.54, 1.807) is 12.0 Å². The summed E-state index contributed by atoms with van der Waals surface area (Å²) < 4.78 is 5.42. The number of benzene rings is 3. The molecule has 1 N–H and O–H groups in total. The maximum absolute atomic E-state index is 13.9. The number of aryl methyl sites for hydroxylation is 1. The van der Waals surface area contributed by atoms with Crippen molar-refractivity contribution < 1.29 is 14.3 Å². The Morgan fingerprint density at radius 1 is 0.947 bits per heavy atom. The minimum absolute atomic E-state index is 0.0764. The second-order valence-electron chi connectivity index (χ2n) is 10.0. The summed E-state index contributed by atoms with van der Waals surface area (Å²) in [4.78, 5) is 29.5. The number of halogens is 1. The molecule has 0 aliphatic heterocycles. The van der Waals surface area contributed by atoms with Gasteiger partial charge in [-0.05, 0) is 54.2 Å². The lowest BCUT2D eigenvalue weighted by Crippen LogP contribution is -2.52. The normalized spacial score (nSPS) is 14.5. The van der Waals surface area contributed by atoms with E-state index in [-0.39, 0.29) is 24.3 Å². The molecule has 5 nitrogen and oxygen atoms in total. The SMILES string of the molecule is COc1cccc(CN(C(=O)CCc2ccccc2Cl)C(Cc2ccccc2)C(=O)NC2CCCCC2)c1. The average molecular weight is 533 g/mol. The first-order valence-corrected chi connectivity index (χ1v) is 13.9. The standard InChI is InChI=1S/C32H37ClN2O3/c1-38-28-17-10-13-25(21-28)23-35(31(36)20-19-26-14-8-9-18-29(26)33)30(22-24-11-4-2-5-12-24)32(37)34-27-15-6-3-7-16-27/h2,4-5,8-14,17-18,21,27,30H,3,6-7,15-16,19-20,22-23H2,1H3,(H,34,37). The number of carbonyl (C=O) groups is 2. The molecule has 0 radical (unpaired) electrons. The smallest absolute Gasteiger partial charge is 0.243 e. The highest BCUT2D eigenvalue weighted by Crippen LogP contribution is 2.23. The number of nitrogens with one attached hydrogen (secondary N) is 1. The van der Waals surface area contributed by atoms with Crippen LogP contribution in [-0.4, -0.2) is 35.9 Å². The van der Waals surface area contributed by atoms with Gasteiger partial charge >= 0.3 is 0 Å². The van der Waals surface area contributed by atoms with Crippen molar-refractivity contribution in [2.24, 2.45) is 0 Å². The van der Waals surface area contributed by atoms with Crippen LogP contribution < -0.4 is 10.1 Å². The van der Waals surface area contributed by atoms with Gasteiger partial charge in [-0.3, -0.25) is 9.59 Å². The summed E-state index contributed by atoms with van der Waals surface area (Å²) in [6.45, 7) is 0.314. The van der Waals surface area contributed by atoms with E-state index in [1.165, 1.54) is 6.42 Å². The second kappa shape index (κ2) is 14.0. The number of methoxy groups -OCH3 is 1. The topological polar surface area (TPSA) is 58.6 Å². The van der Waals surface area contributed by atoms with E-state index in [1.807, 2.05) is 78.9 Å². The van der Waals surface area contributed by atoms with Crippen molar-refractivity contribution in [1.29, 1.82) is 0 Å². The summed E-state index contributed by atoms with van der Waals surface area (Å²) in [6, 6.07) is 24.7. The minimum atomic E-state index is -0.635. The van der Waals surface area contributed by atoms with Crippen molar-refractivity contribution in [1.82, 2.24) is 10.2 Å². The summed E-state index contributed by atoms with van der Waals surface area (Å²) >= 11 is 6.38. The Kier molecular flexibility index (Phi) is 10.2. The number of carbonyl (C=O) groups excluding carboxylic acids is 2. The van der Waals surface area contributed by atoms with Crippen LogP contribution in [0.1, 0.15) is 55.2 Å². The van der Waals surface area contributed by atoms with Gasteiger partial charge in [0.1, 0.15) is 11.8 Å². The van der Waals surface area contributed by atoms with Crippen molar-refractivity contribution in [3.63, 3.8) is 0 Å². The Morgan fingerprint density at radius 2 is 1.66 bits per heavy atom. The van der Waals surface area contributed by atoms with Crippen LogP contribution in [0.25, 0.3) is 0 Å². The Morgan fingerprint density at radius 3 is 2.39 bits per heavy atom. The van der Waals surface area contributed by atoms with Gasteiger partial charge in [0.15, 0.2) is 0 Å². The minimum Gasteiger partial charge on any atom is -0.497 e. The molecule has 3 aromatic rings. The van der Waals surface area contributed by atoms with E-state index >= 15 is 0 Å². The molecular weight excluding hydrogens is 496 g/mol. The first-order valence-electron chi connectivity index (χ1n) is 13.5. The zero-order valence-electron chi connectivity index (χ0n) is 22.1. The predicted octanol–water partition coefficient (Wildman–Crippen LogP) is 6.37. The number of hydrogen-bond acceptors (Lipinski definition) is 3. The Labute approximate surface area is 231 Å². The summed E-state index contributed by atoms with van der Waals surface area (Å²) in [5.74, 6) is 0.555. The first kappa shape index (κ1) is 27.7. The van der Waals surface area contributed by atoms with Crippen LogP contribution >= 0.6 is 11.6 Å². The lowest BCUT2D eigenvalue weighted by atomic mass is 9.94. The third-order valence-corrected chi connectivity index (χ3v) is 7.64. The maximum atomic E-state index is 13.9. The van der Waals surface area contributed by atoms with Gasteiger partial charge in [0.2, 0.25) is 11.8 Å². The molecule has 1 unspecified atom stereocenters. The van der Waals surface area contributed by atoms with Crippen molar-refractivity contribution in [3.05, 3.63) is 101 Å². The van der Waals surface area contributed by atoms with E-state index in [4.69, 9.17) is 16.3 Å². The number of rotatable bonds is 11. The molecule has 1 aliphatic rings. The van der Waals surface area contributed by atoms with Crippen molar-refractivity contribution in [2.75, 3.05) is 7.11 Å². The summed E-state index contributed by atoms with van der Waals surface area (Å²) in [7, 11) is 1.63. The Bertz CT molecular complexity index is 1190. The zero-order valence-corrected chi connectivity index (χ0v) is 22.8. The number of hydrogen-bond donors (Lipinski definition) is 1. The van der Waals surface area contributed by atoms with Crippen molar-refractivity contribution in [3.8, 4) is 5.75 Å². The van der Waals surface area contributed by atoms with Crippen LogP contribution in [0.5, 0.6) is 5.75 Å². The van der Waals surface area contributed by atoms with Gasteiger partial charge in [-0.25, -0.2) is 0 Å². The summed E-state index contributed by atoms with van der Waals surface area (Å²) in [6.07, 6.45) is 6.64. The zero-order chi connectivity index (χ0) is 26.7. The third kappa shape index (κ3) is 7.84. The van der Waals surface area contributed by atoms with Gasteiger partial charge in [0.25, 0.3) is 0 Å². The lowest BCUT2D eigenvalue weighted by Gasteiger charge is -2.33. The fraction of sp³-hybridized carbons (Fsp3) is 0.375. The van der Waals surface area contributed by atoms with Gasteiger partial charge in [-0.2, -0.15) is 0 Å². The summed E-state index contributed by atoms with van der Waals surface area (Å²) in [5, 5.41) is 3.94. The maximum Gasteiger partial charge on any atom is 0.243 e. The molecule has 0 aromatic heterocycles. The van der Waals surface area contributed by atoms with Crippen molar-refractivity contribution >= 4 is 23.4 Å². The predicted molar refractivity (Wildman–Crippen MR) is 152 cm³/mol. The molecule has 2 amide bonds. The highest BCUT2D eigenvalue weighted by Gasteiger charge is 2.32. The molecule has 0 spiro atoms. The van der Waals surface area contributed by atoms with Gasteiger partial charge in [-0.15, -0.1) is 0 Å². The van der Waals surface area contributed by atoms with Crippen LogP contribution in [-0.2, 0) is 29.0 Å². The van der Waals surface area contributed by atoms with Crippen molar-refractivity contribution in [2.45, 2.75) is 70.0 Å². The lowest BCUT2D eigenvalue weighted by molar-refractivity contribution is -0.141. The quantitative estimate of drug-likeness (QED) is 0.312. The molecule has 4 rings (SSSR count). The fourth-order valence-electron chi connectivity index (χ4n) is 5.15. The molecule has 1 aliphatic carbocycles. The van der Waals surface area contributed by atoms with E-state index < -0.39 is 6.04 Å². The van der Waals surface area contributed by atoms with Crippen LogP contribution in [0.4, 0.5) is 0 Å². The third-order valence-electron chi connectivity index (χ3n) is 7.28. The highest BCUT2D eigenvalue weighted by atomic mass is 35.5. The molecule has 0 heterocycles. The van der Waals surface area contributed by atoms with E-state index in [0.717, 1.165) is 48.1 Å². The van der Waals surface area contributed by atoms with Crippen LogP contribution in [0.15, 0.2) is 78.9 Å². The molecule has 1 saturated carbocycles. The van der Waals surface area contributed by atoms with E-state index in [0.29, 0.717) is 24.4 Å². The van der Waals surface area contributed by atoms with Crippen LogP contribution in [0.3, 0.4) is 0 Å². The molecule has 0 saturated heterocycles. The first-order chi connectivity index (χ1) is 18.5. The van der Waals surface area contributed by atoms with E-state index in [2.05, 4.69) is 5.32 Å². The number of ether oxygens (including phenoxy) is 1. The molecule has 3 aromatic carbocycles. The molecule has 0 bridgehead atoms. The average Bonchev–Trinajstić information content (AvgIpc) is 2.95. The number of amides is 2. The van der Waals surface area contributed by atoms with Crippen LogP contribution in [0.2, 0.25) is 5.02 Å². The Hall–Kier alpha value is -3.31. The van der Waals surface area contributed by atoms with Gasteiger partial charge < -0.3 is 15.0 Å². The molecule has 1 atom stereocenters. The van der Waals surface area contributed by atoms with Gasteiger partial charge in [0, 0.05) is 30.5 Å². The molecule has 6 heteroatoms. The Balaban J connectivity index is 1.63. The monoisotopic (exact) mass is 532 g/mol. The number of nitrogens with zero attached hydrogens (tertiary/aromatic N) is 1. The molecule has 200 valence electrons. The van der Waals surface area contributed by atoms with Crippen LogP contribution in [0, 0.1) is 0 Å². The van der Waals surface area contributed by atoms with Gasteiger partial charge in [0.05, 0.1) is 7.11 Å².